The summed E-state index contributed by atoms with van der Waals surface area (Å²) in [5, 5.41) is 23.4. The maximum atomic E-state index is 11.3. The van der Waals surface area contributed by atoms with Gasteiger partial charge >= 0.3 is 0 Å². The fourth-order valence-corrected chi connectivity index (χ4v) is 4.45. The molecule has 0 saturated heterocycles. The molecule has 4 heteroatoms. The Bertz CT molecular complexity index is 613. The van der Waals surface area contributed by atoms with Crippen molar-refractivity contribution in [2.75, 3.05) is 7.05 Å². The molecule has 1 amide bonds. The maximum Gasteiger partial charge on any atom is 0.219 e. The normalized spacial score (nSPS) is 30.8. The van der Waals surface area contributed by atoms with Gasteiger partial charge in [0.05, 0.1) is 12.2 Å². The number of nitrogens with one attached hydrogen (secondary N) is 1. The third-order valence-corrected chi connectivity index (χ3v) is 6.14. The molecule has 0 spiro atoms. The van der Waals surface area contributed by atoms with E-state index >= 15 is 0 Å². The van der Waals surface area contributed by atoms with Crippen LogP contribution in [0.1, 0.15) is 58.8 Å². The molecule has 0 aliphatic heterocycles. The second-order valence-electron chi connectivity index (χ2n) is 8.12. The van der Waals surface area contributed by atoms with Crippen LogP contribution in [0, 0.1) is 35.5 Å². The molecular formula is C23H35NO3. The summed E-state index contributed by atoms with van der Waals surface area (Å²) in [4.78, 5) is 11.3. The first-order chi connectivity index (χ1) is 13.0. The van der Waals surface area contributed by atoms with Crippen LogP contribution in [0.2, 0.25) is 0 Å². The van der Waals surface area contributed by atoms with Crippen LogP contribution in [0.25, 0.3) is 0 Å². The smallest absolute Gasteiger partial charge is 0.219 e. The Morgan fingerprint density at radius 3 is 2.89 bits per heavy atom. The van der Waals surface area contributed by atoms with Crippen LogP contribution < -0.4 is 5.32 Å². The molecule has 2 aliphatic rings. The molecule has 2 saturated carbocycles. The summed E-state index contributed by atoms with van der Waals surface area (Å²) in [5.41, 5.74) is 1.47. The summed E-state index contributed by atoms with van der Waals surface area (Å²) >= 11 is 0. The van der Waals surface area contributed by atoms with E-state index in [1.165, 1.54) is 5.57 Å². The first-order valence-electron chi connectivity index (χ1n) is 10.3. The third-order valence-electron chi connectivity index (χ3n) is 6.14. The van der Waals surface area contributed by atoms with Crippen LogP contribution >= 0.6 is 0 Å². The summed E-state index contributed by atoms with van der Waals surface area (Å²) in [6.45, 7) is 3.82. The lowest BCUT2D eigenvalue weighted by atomic mass is 9.89. The van der Waals surface area contributed by atoms with E-state index in [-0.39, 0.29) is 23.8 Å². The molecular weight excluding hydrogens is 338 g/mol. The van der Waals surface area contributed by atoms with Crippen LogP contribution in [0.4, 0.5) is 0 Å². The predicted molar refractivity (Wildman–Crippen MR) is 109 cm³/mol. The fraction of sp³-hybridized carbons (Fsp3) is 0.696. The number of carbonyl (C=O) groups is 1. The van der Waals surface area contributed by atoms with Crippen molar-refractivity contribution in [2.24, 2.45) is 23.7 Å². The van der Waals surface area contributed by atoms with Gasteiger partial charge in [0.1, 0.15) is 0 Å². The Balaban J connectivity index is 1.87. The minimum absolute atomic E-state index is 0.0994. The summed E-state index contributed by atoms with van der Waals surface area (Å²) in [6, 6.07) is 0. The fourth-order valence-electron chi connectivity index (χ4n) is 4.45. The van der Waals surface area contributed by atoms with E-state index in [0.717, 1.165) is 32.1 Å². The highest BCUT2D eigenvalue weighted by atomic mass is 16.3. The lowest BCUT2D eigenvalue weighted by Gasteiger charge is -2.19. The number of allylic oxidation sites excluding steroid dienone is 2. The molecule has 2 rings (SSSR count). The van der Waals surface area contributed by atoms with Gasteiger partial charge in [-0.2, -0.15) is 0 Å². The van der Waals surface area contributed by atoms with Crippen LogP contribution in [-0.4, -0.2) is 35.4 Å². The predicted octanol–water partition coefficient (Wildman–Crippen LogP) is 3.20. The highest BCUT2D eigenvalue weighted by molar-refractivity contribution is 5.75. The zero-order valence-corrected chi connectivity index (χ0v) is 16.9. The van der Waals surface area contributed by atoms with Gasteiger partial charge in [-0.05, 0) is 56.8 Å². The highest BCUT2D eigenvalue weighted by Crippen LogP contribution is 2.50. The Labute approximate surface area is 164 Å². The summed E-state index contributed by atoms with van der Waals surface area (Å²) < 4.78 is 0. The van der Waals surface area contributed by atoms with Crippen LogP contribution in [0.15, 0.2) is 23.8 Å². The average Bonchev–Trinajstić information content (AvgIpc) is 3.17. The van der Waals surface area contributed by atoms with Crippen molar-refractivity contribution in [1.29, 1.82) is 0 Å². The molecule has 0 aromatic carbocycles. The quantitative estimate of drug-likeness (QED) is 0.348. The number of rotatable bonds is 8. The second-order valence-corrected chi connectivity index (χ2v) is 8.12. The largest absolute Gasteiger partial charge is 0.392 e. The zero-order valence-electron chi connectivity index (χ0n) is 16.9. The summed E-state index contributed by atoms with van der Waals surface area (Å²) in [6.07, 6.45) is 11.4. The molecule has 3 N–H and O–H groups in total. The summed E-state index contributed by atoms with van der Waals surface area (Å²) in [7, 11) is 1.67. The number of aliphatic hydroxyl groups is 2. The molecule has 4 nitrogen and oxygen atoms in total. The number of hydrogen-bond acceptors (Lipinski definition) is 3. The van der Waals surface area contributed by atoms with Crippen molar-refractivity contribution in [2.45, 2.75) is 71.0 Å². The standard InChI is InChI=1S/C23H35NO3/c1-4-5-8-16(2)21(25)12-11-19-20-14-17(13-18(20)15-22(19)26)9-6-7-10-23(27)24-3/h9,11-12,16,18-22,25-26H,6-8,10,13-15H2,1-3H3,(H,24,27)/t16-,18+,19-,20+,21-,22-/m1/s1. The van der Waals surface area contributed by atoms with Crippen LogP contribution in [0.5, 0.6) is 0 Å². The minimum atomic E-state index is -0.516. The van der Waals surface area contributed by atoms with E-state index < -0.39 is 6.10 Å². The van der Waals surface area contributed by atoms with Gasteiger partial charge in [0.2, 0.25) is 5.91 Å². The number of fused-ring (bicyclic) bond motifs is 1. The van der Waals surface area contributed by atoms with E-state index in [2.05, 4.69) is 23.2 Å². The van der Waals surface area contributed by atoms with Gasteiger partial charge in [0, 0.05) is 25.8 Å². The molecule has 0 unspecified atom stereocenters. The highest BCUT2D eigenvalue weighted by Gasteiger charge is 2.44. The Hall–Kier alpha value is -1.57. The van der Waals surface area contributed by atoms with Gasteiger partial charge in [-0.3, -0.25) is 4.79 Å². The van der Waals surface area contributed by atoms with E-state index in [4.69, 9.17) is 0 Å². The molecule has 0 aromatic rings. The molecule has 0 heterocycles. The molecule has 0 radical (unpaired) electrons. The molecule has 2 aliphatic carbocycles. The van der Waals surface area contributed by atoms with Crippen LogP contribution in [0.3, 0.4) is 0 Å². The maximum absolute atomic E-state index is 11.3. The first kappa shape index (κ1) is 21.7. The van der Waals surface area contributed by atoms with Crippen molar-refractivity contribution >= 4 is 5.91 Å². The van der Waals surface area contributed by atoms with Gasteiger partial charge in [-0.1, -0.05) is 30.7 Å². The Morgan fingerprint density at radius 1 is 1.41 bits per heavy atom. The summed E-state index contributed by atoms with van der Waals surface area (Å²) in [5.74, 6) is 7.23. The molecule has 27 heavy (non-hydrogen) atoms. The number of carbonyl (C=O) groups excluding carboxylic acids is 1. The third kappa shape index (κ3) is 6.23. The van der Waals surface area contributed by atoms with Crippen molar-refractivity contribution in [1.82, 2.24) is 5.32 Å². The Morgan fingerprint density at radius 2 is 2.19 bits per heavy atom. The number of hydrogen-bond donors (Lipinski definition) is 3. The topological polar surface area (TPSA) is 69.6 Å². The van der Waals surface area contributed by atoms with Crippen molar-refractivity contribution in [3.63, 3.8) is 0 Å². The minimum Gasteiger partial charge on any atom is -0.392 e. The van der Waals surface area contributed by atoms with Crippen molar-refractivity contribution in [3.05, 3.63) is 23.8 Å². The second kappa shape index (κ2) is 10.7. The molecule has 0 bridgehead atoms. The number of amides is 1. The lowest BCUT2D eigenvalue weighted by Crippen LogP contribution is -2.19. The SMILES string of the molecule is CC#CC[C@@H](C)[C@H](O)C=C[C@@H]1[C@H]2CC(=CCCCC(=O)NC)C[C@H]2C[C@H]1O. The van der Waals surface area contributed by atoms with Crippen molar-refractivity contribution < 1.29 is 15.0 Å². The molecule has 150 valence electrons. The molecule has 2 fully saturated rings. The van der Waals surface area contributed by atoms with Gasteiger partial charge < -0.3 is 15.5 Å². The van der Waals surface area contributed by atoms with E-state index in [1.807, 2.05) is 26.0 Å². The van der Waals surface area contributed by atoms with Gasteiger partial charge in [-0.25, -0.2) is 0 Å². The van der Waals surface area contributed by atoms with Gasteiger partial charge in [0.25, 0.3) is 0 Å². The van der Waals surface area contributed by atoms with Crippen molar-refractivity contribution in [3.8, 4) is 11.8 Å². The van der Waals surface area contributed by atoms with Gasteiger partial charge in [0.15, 0.2) is 0 Å². The van der Waals surface area contributed by atoms with E-state index in [1.54, 1.807) is 7.05 Å². The van der Waals surface area contributed by atoms with Crippen LogP contribution in [-0.2, 0) is 4.79 Å². The number of unbranched alkanes of at least 4 members (excludes halogenated alkanes) is 1. The lowest BCUT2D eigenvalue weighted by molar-refractivity contribution is -0.120. The first-order valence-corrected chi connectivity index (χ1v) is 10.3. The zero-order chi connectivity index (χ0) is 19.8. The van der Waals surface area contributed by atoms with E-state index in [0.29, 0.717) is 24.7 Å². The average molecular weight is 374 g/mol. The molecule has 6 atom stereocenters. The molecule has 0 aromatic heterocycles. The van der Waals surface area contributed by atoms with E-state index in [9.17, 15) is 15.0 Å². The number of aliphatic hydroxyl groups excluding tert-OH is 2. The Kier molecular flexibility index (Phi) is 8.60. The van der Waals surface area contributed by atoms with Gasteiger partial charge in [-0.15, -0.1) is 11.8 Å². The monoisotopic (exact) mass is 373 g/mol.